The lowest BCUT2D eigenvalue weighted by atomic mass is 9.94. The van der Waals surface area contributed by atoms with Crippen LogP contribution in [0.5, 0.6) is 11.5 Å². The molecular formula is C17H20INO5. The number of hydrogen-bond donors (Lipinski definition) is 2. The Morgan fingerprint density at radius 2 is 2.17 bits per heavy atom. The van der Waals surface area contributed by atoms with E-state index in [4.69, 9.17) is 9.47 Å². The summed E-state index contributed by atoms with van der Waals surface area (Å²) in [5, 5.41) is 10.5. The normalized spacial score (nSPS) is 13.5. The Morgan fingerprint density at radius 3 is 2.79 bits per heavy atom. The summed E-state index contributed by atoms with van der Waals surface area (Å²) in [5.41, 5.74) is 3.31. The third-order valence-electron chi connectivity index (χ3n) is 4.15. The second kappa shape index (κ2) is 7.87. The standard InChI is InChI=1S/C17H20INO5/c1-9(5-7-13(20)19-18)4-6-11-15(21)14-12(8-24-17(14)22)10(2)16(11)23-3/h4,21H,5-8H2,1-3H3,(H,19,20)/b9-4+. The molecule has 0 saturated heterocycles. The maximum Gasteiger partial charge on any atom is 0.342 e. The molecule has 1 aromatic rings. The Morgan fingerprint density at radius 1 is 1.46 bits per heavy atom. The average Bonchev–Trinajstić information content (AvgIpc) is 2.96. The monoisotopic (exact) mass is 445 g/mol. The minimum Gasteiger partial charge on any atom is -0.507 e. The van der Waals surface area contributed by atoms with Crippen LogP contribution in [0.15, 0.2) is 11.6 Å². The zero-order chi connectivity index (χ0) is 17.9. The van der Waals surface area contributed by atoms with Gasteiger partial charge < -0.3 is 14.6 Å². The van der Waals surface area contributed by atoms with E-state index >= 15 is 0 Å². The molecule has 1 heterocycles. The maximum atomic E-state index is 11.9. The van der Waals surface area contributed by atoms with Crippen molar-refractivity contribution in [3.8, 4) is 11.5 Å². The number of aromatic hydroxyl groups is 1. The molecule has 0 spiro atoms. The fourth-order valence-electron chi connectivity index (χ4n) is 2.76. The highest BCUT2D eigenvalue weighted by atomic mass is 127. The number of carbonyl (C=O) groups is 2. The molecule has 1 aliphatic rings. The summed E-state index contributed by atoms with van der Waals surface area (Å²) in [5.74, 6) is -0.0450. The number of carbonyl (C=O) groups excluding carboxylic acids is 2. The largest absolute Gasteiger partial charge is 0.507 e. The van der Waals surface area contributed by atoms with Crippen LogP contribution < -0.4 is 8.27 Å². The van der Waals surface area contributed by atoms with Gasteiger partial charge in [-0.3, -0.25) is 8.32 Å². The Balaban J connectivity index is 2.30. The Labute approximate surface area is 154 Å². The van der Waals surface area contributed by atoms with E-state index in [0.717, 1.165) is 11.1 Å². The van der Waals surface area contributed by atoms with Gasteiger partial charge in [0, 0.05) is 17.5 Å². The van der Waals surface area contributed by atoms with Gasteiger partial charge in [0.1, 0.15) is 23.7 Å². The van der Waals surface area contributed by atoms with Crippen LogP contribution >= 0.6 is 22.9 Å². The van der Waals surface area contributed by atoms with E-state index in [1.807, 2.05) is 42.8 Å². The van der Waals surface area contributed by atoms with E-state index in [2.05, 4.69) is 3.53 Å². The lowest BCUT2D eigenvalue weighted by Crippen LogP contribution is -2.10. The molecule has 24 heavy (non-hydrogen) atoms. The summed E-state index contributed by atoms with van der Waals surface area (Å²) in [6.07, 6.45) is 3.38. The lowest BCUT2D eigenvalue weighted by molar-refractivity contribution is -0.118. The van der Waals surface area contributed by atoms with Crippen molar-refractivity contribution in [1.82, 2.24) is 3.53 Å². The second-order valence-electron chi connectivity index (χ2n) is 5.69. The van der Waals surface area contributed by atoms with Gasteiger partial charge in [-0.15, -0.1) is 0 Å². The van der Waals surface area contributed by atoms with Gasteiger partial charge in [0.15, 0.2) is 0 Å². The number of esters is 1. The number of hydrogen-bond acceptors (Lipinski definition) is 5. The molecule has 0 bridgehead atoms. The van der Waals surface area contributed by atoms with Gasteiger partial charge >= 0.3 is 5.97 Å². The molecule has 0 radical (unpaired) electrons. The summed E-state index contributed by atoms with van der Waals surface area (Å²) in [6.45, 7) is 3.94. The van der Waals surface area contributed by atoms with Crippen molar-refractivity contribution >= 4 is 34.7 Å². The quantitative estimate of drug-likeness (QED) is 0.304. The van der Waals surface area contributed by atoms with Gasteiger partial charge in [-0.25, -0.2) is 4.79 Å². The molecule has 7 heteroatoms. The number of amides is 1. The molecule has 1 aliphatic heterocycles. The molecule has 0 unspecified atom stereocenters. The van der Waals surface area contributed by atoms with E-state index in [1.165, 1.54) is 7.11 Å². The number of methoxy groups -OCH3 is 1. The maximum absolute atomic E-state index is 11.9. The van der Waals surface area contributed by atoms with Crippen molar-refractivity contribution in [3.63, 3.8) is 0 Å². The van der Waals surface area contributed by atoms with Crippen LogP contribution in [0, 0.1) is 6.92 Å². The van der Waals surface area contributed by atoms with E-state index in [-0.39, 0.29) is 23.8 Å². The molecular weight excluding hydrogens is 425 g/mol. The summed E-state index contributed by atoms with van der Waals surface area (Å²) in [6, 6.07) is 0. The average molecular weight is 445 g/mol. The predicted molar refractivity (Wildman–Crippen MR) is 97.4 cm³/mol. The molecule has 6 nitrogen and oxygen atoms in total. The highest BCUT2D eigenvalue weighted by molar-refractivity contribution is 14.1. The first-order valence-corrected chi connectivity index (χ1v) is 8.62. The van der Waals surface area contributed by atoms with Crippen LogP contribution in [0.4, 0.5) is 0 Å². The molecule has 1 aromatic carbocycles. The van der Waals surface area contributed by atoms with Crippen molar-refractivity contribution < 1.29 is 24.2 Å². The van der Waals surface area contributed by atoms with E-state index in [1.54, 1.807) is 0 Å². The number of cyclic esters (lactones) is 1. The van der Waals surface area contributed by atoms with E-state index in [0.29, 0.717) is 36.1 Å². The number of allylic oxidation sites excluding steroid dienone is 2. The highest BCUT2D eigenvalue weighted by Crippen LogP contribution is 2.42. The fraction of sp³-hybridized carbons (Fsp3) is 0.412. The Bertz CT molecular complexity index is 712. The minimum atomic E-state index is -0.506. The molecule has 130 valence electrons. The van der Waals surface area contributed by atoms with Gasteiger partial charge in [0.25, 0.3) is 0 Å². The SMILES string of the molecule is COc1c(C)c2c(c(O)c1C/C=C(\C)CCC(=O)NI)C(=O)OC2. The highest BCUT2D eigenvalue weighted by Gasteiger charge is 2.31. The number of halogens is 1. The molecule has 0 fully saturated rings. The number of nitrogens with one attached hydrogen (secondary N) is 1. The van der Waals surface area contributed by atoms with Crippen LogP contribution in [0.1, 0.15) is 46.8 Å². The van der Waals surface area contributed by atoms with Crippen molar-refractivity contribution in [2.24, 2.45) is 0 Å². The van der Waals surface area contributed by atoms with Crippen LogP contribution in [-0.2, 0) is 22.6 Å². The van der Waals surface area contributed by atoms with Crippen molar-refractivity contribution in [2.45, 2.75) is 39.7 Å². The molecule has 2 rings (SSSR count). The number of phenols is 1. The zero-order valence-corrected chi connectivity index (χ0v) is 16.0. The van der Waals surface area contributed by atoms with Gasteiger partial charge in [-0.05, 0) is 32.3 Å². The van der Waals surface area contributed by atoms with Crippen molar-refractivity contribution in [2.75, 3.05) is 7.11 Å². The van der Waals surface area contributed by atoms with Crippen LogP contribution in [-0.4, -0.2) is 24.1 Å². The number of rotatable bonds is 6. The summed E-state index contributed by atoms with van der Waals surface area (Å²) in [4.78, 5) is 23.2. The van der Waals surface area contributed by atoms with Gasteiger partial charge in [-0.1, -0.05) is 11.6 Å². The molecule has 0 atom stereocenters. The lowest BCUT2D eigenvalue weighted by Gasteiger charge is -2.15. The first-order valence-electron chi connectivity index (χ1n) is 7.54. The molecule has 1 amide bonds. The van der Waals surface area contributed by atoms with E-state index < -0.39 is 5.97 Å². The summed E-state index contributed by atoms with van der Waals surface area (Å²) in [7, 11) is 1.54. The summed E-state index contributed by atoms with van der Waals surface area (Å²) >= 11 is 1.81. The first-order chi connectivity index (χ1) is 11.4. The smallest absolute Gasteiger partial charge is 0.342 e. The van der Waals surface area contributed by atoms with Gasteiger partial charge in [0.05, 0.1) is 30.0 Å². The zero-order valence-electron chi connectivity index (χ0n) is 13.9. The topological polar surface area (TPSA) is 84.9 Å². The molecule has 0 saturated carbocycles. The van der Waals surface area contributed by atoms with Crippen molar-refractivity contribution in [3.05, 3.63) is 33.9 Å². The van der Waals surface area contributed by atoms with Crippen molar-refractivity contribution in [1.29, 1.82) is 0 Å². The fourth-order valence-corrected chi connectivity index (χ4v) is 3.03. The first kappa shape index (κ1) is 18.6. The van der Waals surface area contributed by atoms with Crippen LogP contribution in [0.25, 0.3) is 0 Å². The number of phenolic OH excluding ortho intramolecular Hbond substituents is 1. The Kier molecular flexibility index (Phi) is 6.09. The van der Waals surface area contributed by atoms with Crippen LogP contribution in [0.2, 0.25) is 0 Å². The van der Waals surface area contributed by atoms with E-state index in [9.17, 15) is 14.7 Å². The molecule has 2 N–H and O–H groups in total. The minimum absolute atomic E-state index is 0.0279. The van der Waals surface area contributed by atoms with Gasteiger partial charge in [0.2, 0.25) is 5.91 Å². The second-order valence-corrected chi connectivity index (χ2v) is 6.23. The molecule has 0 aliphatic carbocycles. The number of benzene rings is 1. The third-order valence-corrected chi connectivity index (χ3v) is 4.76. The van der Waals surface area contributed by atoms with Crippen LogP contribution in [0.3, 0.4) is 0 Å². The molecule has 0 aromatic heterocycles. The predicted octanol–water partition coefficient (Wildman–Crippen LogP) is 3.11. The summed E-state index contributed by atoms with van der Waals surface area (Å²) < 4.78 is 13.0. The Hall–Kier alpha value is -1.77. The number of ether oxygens (including phenoxy) is 2. The number of fused-ring (bicyclic) bond motifs is 1. The third kappa shape index (κ3) is 3.66. The van der Waals surface area contributed by atoms with Gasteiger partial charge in [-0.2, -0.15) is 0 Å².